The first-order valence-corrected chi connectivity index (χ1v) is 6.14. The van der Waals surface area contributed by atoms with Crippen molar-refractivity contribution in [3.63, 3.8) is 0 Å². The lowest BCUT2D eigenvalue weighted by molar-refractivity contribution is 0.517. The summed E-state index contributed by atoms with van der Waals surface area (Å²) in [6, 6.07) is 4.28. The van der Waals surface area contributed by atoms with Crippen LogP contribution in [0.4, 0.5) is 4.39 Å². The minimum absolute atomic E-state index is 0.0894. The molecule has 0 spiro atoms. The van der Waals surface area contributed by atoms with Crippen LogP contribution in [0, 0.1) is 19.7 Å². The van der Waals surface area contributed by atoms with E-state index in [1.807, 2.05) is 32.1 Å². The number of halogens is 1. The van der Waals surface area contributed by atoms with Crippen molar-refractivity contribution in [2.24, 2.45) is 0 Å². The molecule has 0 aliphatic heterocycles. The van der Waals surface area contributed by atoms with Crippen LogP contribution in [0.5, 0.6) is 0 Å². The van der Waals surface area contributed by atoms with Gasteiger partial charge in [0, 0.05) is 12.6 Å². The fourth-order valence-corrected chi connectivity index (χ4v) is 1.90. The van der Waals surface area contributed by atoms with Gasteiger partial charge in [-0.2, -0.15) is 0 Å². The van der Waals surface area contributed by atoms with Crippen LogP contribution in [0.25, 0.3) is 0 Å². The van der Waals surface area contributed by atoms with Crippen LogP contribution in [0.2, 0.25) is 0 Å². The van der Waals surface area contributed by atoms with Gasteiger partial charge in [0.2, 0.25) is 0 Å². The van der Waals surface area contributed by atoms with E-state index in [9.17, 15) is 4.39 Å². The second kappa shape index (κ2) is 6.55. The van der Waals surface area contributed by atoms with Crippen LogP contribution >= 0.6 is 0 Å². The van der Waals surface area contributed by atoms with Gasteiger partial charge in [-0.3, -0.25) is 0 Å². The fourth-order valence-electron chi connectivity index (χ4n) is 1.90. The van der Waals surface area contributed by atoms with Crippen molar-refractivity contribution in [3.05, 3.63) is 47.3 Å². The first-order valence-electron chi connectivity index (χ1n) is 6.14. The Morgan fingerprint density at radius 3 is 2.47 bits per heavy atom. The molecule has 1 aromatic rings. The molecule has 1 rings (SSSR count). The number of nitrogens with one attached hydrogen (secondary N) is 1. The average molecular weight is 235 g/mol. The Labute approximate surface area is 104 Å². The standard InChI is InChI=1S/C15H22FN/c1-5-6-7-13(4)17-10-14-8-11(2)15(16)12(3)9-14/h5,8-9,13,17H,1,6-7,10H2,2-4H3. The Balaban J connectivity index is 2.55. The molecule has 1 aromatic carbocycles. The van der Waals surface area contributed by atoms with E-state index in [4.69, 9.17) is 0 Å². The predicted octanol–water partition coefficient (Wildman–Crippen LogP) is 3.89. The molecule has 0 heterocycles. The fraction of sp³-hybridized carbons (Fsp3) is 0.467. The van der Waals surface area contributed by atoms with E-state index in [1.54, 1.807) is 0 Å². The maximum Gasteiger partial charge on any atom is 0.129 e. The summed E-state index contributed by atoms with van der Waals surface area (Å²) in [5, 5.41) is 3.44. The van der Waals surface area contributed by atoms with E-state index in [2.05, 4.69) is 18.8 Å². The molecule has 17 heavy (non-hydrogen) atoms. The highest BCUT2D eigenvalue weighted by molar-refractivity contribution is 5.30. The molecular weight excluding hydrogens is 213 g/mol. The Hall–Kier alpha value is -1.15. The van der Waals surface area contributed by atoms with Gasteiger partial charge < -0.3 is 5.32 Å². The molecule has 0 aliphatic rings. The van der Waals surface area contributed by atoms with Crippen LogP contribution < -0.4 is 5.32 Å². The highest BCUT2D eigenvalue weighted by Crippen LogP contribution is 2.14. The van der Waals surface area contributed by atoms with Gasteiger partial charge >= 0.3 is 0 Å². The second-order valence-corrected chi connectivity index (χ2v) is 4.69. The third kappa shape index (κ3) is 4.31. The molecule has 0 aliphatic carbocycles. The molecule has 0 amide bonds. The zero-order valence-corrected chi connectivity index (χ0v) is 11.0. The summed E-state index contributed by atoms with van der Waals surface area (Å²) in [6.45, 7) is 10.3. The molecule has 0 saturated carbocycles. The molecule has 1 unspecified atom stereocenters. The number of hydrogen-bond donors (Lipinski definition) is 1. The molecule has 0 bridgehead atoms. The minimum Gasteiger partial charge on any atom is -0.310 e. The van der Waals surface area contributed by atoms with Gasteiger partial charge in [-0.25, -0.2) is 4.39 Å². The van der Waals surface area contributed by atoms with Crippen LogP contribution in [-0.2, 0) is 6.54 Å². The Bertz CT molecular complexity index is 362. The smallest absolute Gasteiger partial charge is 0.129 e. The lowest BCUT2D eigenvalue weighted by atomic mass is 10.1. The van der Waals surface area contributed by atoms with Gasteiger partial charge in [0.05, 0.1) is 0 Å². The van der Waals surface area contributed by atoms with E-state index < -0.39 is 0 Å². The average Bonchev–Trinajstić information content (AvgIpc) is 2.30. The van der Waals surface area contributed by atoms with E-state index in [0.717, 1.165) is 36.1 Å². The maximum absolute atomic E-state index is 13.4. The lowest BCUT2D eigenvalue weighted by Gasteiger charge is -2.14. The van der Waals surface area contributed by atoms with Crippen molar-refractivity contribution in [3.8, 4) is 0 Å². The first kappa shape index (κ1) is 13.9. The first-order chi connectivity index (χ1) is 8.04. The monoisotopic (exact) mass is 235 g/mol. The quantitative estimate of drug-likeness (QED) is 0.738. The van der Waals surface area contributed by atoms with Gasteiger partial charge in [-0.1, -0.05) is 18.2 Å². The van der Waals surface area contributed by atoms with E-state index in [-0.39, 0.29) is 5.82 Å². The van der Waals surface area contributed by atoms with Crippen molar-refractivity contribution in [1.82, 2.24) is 5.32 Å². The zero-order chi connectivity index (χ0) is 12.8. The van der Waals surface area contributed by atoms with Crippen molar-refractivity contribution < 1.29 is 4.39 Å². The summed E-state index contributed by atoms with van der Waals surface area (Å²) in [7, 11) is 0. The Morgan fingerprint density at radius 2 is 1.94 bits per heavy atom. The Kier molecular flexibility index (Phi) is 5.36. The normalized spacial score (nSPS) is 12.5. The molecule has 1 nitrogen and oxygen atoms in total. The van der Waals surface area contributed by atoms with Crippen molar-refractivity contribution in [2.75, 3.05) is 0 Å². The molecule has 2 heteroatoms. The van der Waals surface area contributed by atoms with Gasteiger partial charge in [0.25, 0.3) is 0 Å². The van der Waals surface area contributed by atoms with Crippen LogP contribution in [0.3, 0.4) is 0 Å². The van der Waals surface area contributed by atoms with E-state index >= 15 is 0 Å². The summed E-state index contributed by atoms with van der Waals surface area (Å²) < 4.78 is 13.4. The summed E-state index contributed by atoms with van der Waals surface area (Å²) in [5.41, 5.74) is 2.59. The summed E-state index contributed by atoms with van der Waals surface area (Å²) in [4.78, 5) is 0. The molecule has 1 atom stereocenters. The van der Waals surface area contributed by atoms with E-state index in [1.165, 1.54) is 0 Å². The molecule has 0 fully saturated rings. The predicted molar refractivity (Wildman–Crippen MR) is 71.6 cm³/mol. The maximum atomic E-state index is 13.4. The largest absolute Gasteiger partial charge is 0.310 e. The van der Waals surface area contributed by atoms with E-state index in [0.29, 0.717) is 6.04 Å². The minimum atomic E-state index is -0.0894. The van der Waals surface area contributed by atoms with Gasteiger partial charge in [0.15, 0.2) is 0 Å². The second-order valence-electron chi connectivity index (χ2n) is 4.69. The van der Waals surface area contributed by atoms with Gasteiger partial charge in [0.1, 0.15) is 5.82 Å². The van der Waals surface area contributed by atoms with Crippen molar-refractivity contribution in [1.29, 1.82) is 0 Å². The number of benzene rings is 1. The van der Waals surface area contributed by atoms with Crippen molar-refractivity contribution >= 4 is 0 Å². The van der Waals surface area contributed by atoms with Gasteiger partial charge in [-0.15, -0.1) is 6.58 Å². The van der Waals surface area contributed by atoms with Crippen LogP contribution in [-0.4, -0.2) is 6.04 Å². The highest BCUT2D eigenvalue weighted by atomic mass is 19.1. The van der Waals surface area contributed by atoms with Crippen LogP contribution in [0.15, 0.2) is 24.8 Å². The molecule has 0 saturated heterocycles. The molecular formula is C15H22FN. The molecule has 0 aromatic heterocycles. The lowest BCUT2D eigenvalue weighted by Crippen LogP contribution is -2.25. The SMILES string of the molecule is C=CCCC(C)NCc1cc(C)c(F)c(C)c1. The van der Waals surface area contributed by atoms with Gasteiger partial charge in [-0.05, 0) is 50.3 Å². The number of aryl methyl sites for hydroxylation is 2. The Morgan fingerprint density at radius 1 is 1.35 bits per heavy atom. The molecule has 0 radical (unpaired) electrons. The third-order valence-corrected chi connectivity index (χ3v) is 2.95. The molecule has 94 valence electrons. The zero-order valence-electron chi connectivity index (χ0n) is 11.0. The summed E-state index contributed by atoms with van der Waals surface area (Å²) >= 11 is 0. The number of rotatable bonds is 6. The summed E-state index contributed by atoms with van der Waals surface area (Å²) in [6.07, 6.45) is 4.04. The summed E-state index contributed by atoms with van der Waals surface area (Å²) in [5.74, 6) is -0.0894. The van der Waals surface area contributed by atoms with Crippen molar-refractivity contribution in [2.45, 2.75) is 46.2 Å². The number of allylic oxidation sites excluding steroid dienone is 1. The third-order valence-electron chi connectivity index (χ3n) is 2.95. The van der Waals surface area contributed by atoms with Crippen LogP contribution in [0.1, 0.15) is 36.5 Å². The number of hydrogen-bond acceptors (Lipinski definition) is 1. The topological polar surface area (TPSA) is 12.0 Å². The highest BCUT2D eigenvalue weighted by Gasteiger charge is 2.05. The molecule has 1 N–H and O–H groups in total.